The summed E-state index contributed by atoms with van der Waals surface area (Å²) >= 11 is 0. The first-order chi connectivity index (χ1) is 16.3. The number of amides is 1. The third-order valence-corrected chi connectivity index (χ3v) is 5.70. The molecule has 1 N–H and O–H groups in total. The lowest BCUT2D eigenvalue weighted by Crippen LogP contribution is -2.29. The van der Waals surface area contributed by atoms with Crippen molar-refractivity contribution in [2.24, 2.45) is 0 Å². The van der Waals surface area contributed by atoms with E-state index in [9.17, 15) is 19.5 Å². The smallest absolute Gasteiger partial charge is 0.337 e. The van der Waals surface area contributed by atoms with Crippen molar-refractivity contribution in [3.8, 4) is 5.75 Å². The number of aliphatic hydroxyl groups is 1. The Hall–Kier alpha value is -4.33. The van der Waals surface area contributed by atoms with Crippen molar-refractivity contribution in [2.75, 3.05) is 19.1 Å². The second-order valence-electron chi connectivity index (χ2n) is 7.89. The number of methoxy groups -OCH3 is 2. The van der Waals surface area contributed by atoms with Crippen LogP contribution in [0.5, 0.6) is 5.75 Å². The van der Waals surface area contributed by atoms with E-state index in [1.807, 2.05) is 19.9 Å². The molecule has 3 aromatic rings. The summed E-state index contributed by atoms with van der Waals surface area (Å²) in [6.07, 6.45) is 1.42. The van der Waals surface area contributed by atoms with E-state index in [4.69, 9.17) is 13.9 Å². The minimum atomic E-state index is -1.02. The zero-order valence-corrected chi connectivity index (χ0v) is 19.1. The van der Waals surface area contributed by atoms with Crippen LogP contribution in [0.3, 0.4) is 0 Å². The molecule has 1 aliphatic rings. The molecule has 1 amide bonds. The first-order valence-corrected chi connectivity index (χ1v) is 10.5. The molecule has 2 heterocycles. The van der Waals surface area contributed by atoms with E-state index >= 15 is 0 Å². The highest BCUT2D eigenvalue weighted by molar-refractivity contribution is 6.51. The van der Waals surface area contributed by atoms with E-state index in [-0.39, 0.29) is 16.9 Å². The monoisotopic (exact) mass is 461 g/mol. The molecule has 174 valence electrons. The molecule has 8 heteroatoms. The number of esters is 1. The van der Waals surface area contributed by atoms with Crippen molar-refractivity contribution in [3.05, 3.63) is 88.4 Å². The standard InChI is InChI=1S/C26H23NO7/c1-14-12-15(2)24(32-3)18(13-14)22(28)20-21(19-6-5-11-34-19)27(25(30)23(20)29)17-9-7-16(8-10-17)26(31)33-4/h5-13,21,28H,1-4H3/b22-20-. The van der Waals surface area contributed by atoms with Crippen LogP contribution < -0.4 is 9.64 Å². The maximum atomic E-state index is 13.2. The predicted molar refractivity (Wildman–Crippen MR) is 124 cm³/mol. The van der Waals surface area contributed by atoms with Crippen molar-refractivity contribution in [2.45, 2.75) is 19.9 Å². The molecule has 0 saturated carbocycles. The Kier molecular flexibility index (Phi) is 5.98. The maximum Gasteiger partial charge on any atom is 0.337 e. The second-order valence-corrected chi connectivity index (χ2v) is 7.89. The normalized spacial score (nSPS) is 17.2. The summed E-state index contributed by atoms with van der Waals surface area (Å²) in [5.41, 5.74) is 2.43. The first kappa shape index (κ1) is 22.8. The Morgan fingerprint density at radius 2 is 1.76 bits per heavy atom. The van der Waals surface area contributed by atoms with Crippen molar-refractivity contribution in [1.29, 1.82) is 0 Å². The first-order valence-electron chi connectivity index (χ1n) is 10.5. The van der Waals surface area contributed by atoms with Gasteiger partial charge in [-0.15, -0.1) is 0 Å². The number of aryl methyl sites for hydroxylation is 2. The van der Waals surface area contributed by atoms with E-state index in [2.05, 4.69) is 0 Å². The highest BCUT2D eigenvalue weighted by Gasteiger charge is 2.48. The average molecular weight is 461 g/mol. The van der Waals surface area contributed by atoms with Crippen molar-refractivity contribution >= 4 is 29.1 Å². The predicted octanol–water partition coefficient (Wildman–Crippen LogP) is 4.32. The second kappa shape index (κ2) is 8.90. The number of carbonyl (C=O) groups is 3. The van der Waals surface area contributed by atoms with Gasteiger partial charge in [0.15, 0.2) is 0 Å². The zero-order valence-electron chi connectivity index (χ0n) is 19.1. The van der Waals surface area contributed by atoms with Gasteiger partial charge in [-0.1, -0.05) is 6.07 Å². The number of anilines is 1. The lowest BCUT2D eigenvalue weighted by atomic mass is 9.96. The number of hydrogen-bond acceptors (Lipinski definition) is 7. The van der Waals surface area contributed by atoms with Gasteiger partial charge < -0.3 is 19.0 Å². The number of furan rings is 1. The van der Waals surface area contributed by atoms with Gasteiger partial charge in [0.25, 0.3) is 11.7 Å². The number of aliphatic hydroxyl groups excluding tert-OH is 1. The van der Waals surface area contributed by atoms with E-state index in [0.29, 0.717) is 22.8 Å². The van der Waals surface area contributed by atoms with Gasteiger partial charge in [0.1, 0.15) is 23.3 Å². The average Bonchev–Trinajstić information content (AvgIpc) is 3.44. The quantitative estimate of drug-likeness (QED) is 0.261. The summed E-state index contributed by atoms with van der Waals surface area (Å²) < 4.78 is 15.8. The molecule has 1 unspecified atom stereocenters. The van der Waals surface area contributed by atoms with Crippen LogP contribution in [0.2, 0.25) is 0 Å². The number of rotatable bonds is 5. The van der Waals surface area contributed by atoms with Crippen LogP contribution in [0, 0.1) is 13.8 Å². The molecule has 0 spiro atoms. The Morgan fingerprint density at radius 3 is 2.35 bits per heavy atom. The third-order valence-electron chi connectivity index (χ3n) is 5.70. The molecule has 1 aliphatic heterocycles. The van der Waals surface area contributed by atoms with Gasteiger partial charge in [0.2, 0.25) is 0 Å². The van der Waals surface area contributed by atoms with Crippen LogP contribution in [0.4, 0.5) is 5.69 Å². The van der Waals surface area contributed by atoms with Gasteiger partial charge in [0, 0.05) is 5.69 Å². The van der Waals surface area contributed by atoms with E-state index < -0.39 is 23.7 Å². The number of ether oxygens (including phenoxy) is 2. The fourth-order valence-corrected chi connectivity index (χ4v) is 4.24. The summed E-state index contributed by atoms with van der Waals surface area (Å²) in [7, 11) is 2.74. The van der Waals surface area contributed by atoms with Crippen molar-refractivity contribution < 1.29 is 33.4 Å². The van der Waals surface area contributed by atoms with Gasteiger partial charge in [-0.3, -0.25) is 14.5 Å². The SMILES string of the molecule is COC(=O)c1ccc(N2C(=O)C(=O)/C(=C(\O)c3cc(C)cc(C)c3OC)C2c2ccco2)cc1. The molecule has 2 aromatic carbocycles. The Bertz CT molecular complexity index is 1300. The number of hydrogen-bond donors (Lipinski definition) is 1. The van der Waals surface area contributed by atoms with Crippen LogP contribution in [0.1, 0.15) is 38.9 Å². The van der Waals surface area contributed by atoms with Crippen LogP contribution in [0.15, 0.2) is 64.8 Å². The van der Waals surface area contributed by atoms with Gasteiger partial charge in [-0.25, -0.2) is 4.79 Å². The minimum Gasteiger partial charge on any atom is -0.507 e. The number of ketones is 1. The lowest BCUT2D eigenvalue weighted by Gasteiger charge is -2.23. The fourth-order valence-electron chi connectivity index (χ4n) is 4.24. The number of carbonyl (C=O) groups excluding carboxylic acids is 3. The molecule has 1 saturated heterocycles. The third kappa shape index (κ3) is 3.73. The van der Waals surface area contributed by atoms with Gasteiger partial charge in [-0.2, -0.15) is 0 Å². The van der Waals surface area contributed by atoms with Crippen LogP contribution in [0.25, 0.3) is 5.76 Å². The Morgan fingerprint density at radius 1 is 1.06 bits per heavy atom. The molecule has 34 heavy (non-hydrogen) atoms. The van der Waals surface area contributed by atoms with Gasteiger partial charge in [-0.05, 0) is 67.4 Å². The fraction of sp³-hybridized carbons (Fsp3) is 0.192. The largest absolute Gasteiger partial charge is 0.507 e. The topological polar surface area (TPSA) is 106 Å². The Labute approximate surface area is 196 Å². The number of nitrogens with zero attached hydrogens (tertiary/aromatic N) is 1. The molecule has 1 aromatic heterocycles. The highest BCUT2D eigenvalue weighted by atomic mass is 16.5. The number of Topliss-reactive ketones (excluding diaryl/α,β-unsaturated/α-hetero) is 1. The van der Waals surface area contributed by atoms with Crippen molar-refractivity contribution in [1.82, 2.24) is 0 Å². The highest BCUT2D eigenvalue weighted by Crippen LogP contribution is 2.44. The molecule has 0 bridgehead atoms. The van der Waals surface area contributed by atoms with Crippen LogP contribution in [-0.4, -0.2) is 37.0 Å². The maximum absolute atomic E-state index is 13.2. The van der Waals surface area contributed by atoms with E-state index in [1.54, 1.807) is 18.2 Å². The molecule has 8 nitrogen and oxygen atoms in total. The molecular weight excluding hydrogens is 438 g/mol. The van der Waals surface area contributed by atoms with Crippen molar-refractivity contribution in [3.63, 3.8) is 0 Å². The van der Waals surface area contributed by atoms with Crippen LogP contribution in [-0.2, 0) is 14.3 Å². The van der Waals surface area contributed by atoms with Gasteiger partial charge in [0.05, 0.1) is 37.2 Å². The summed E-state index contributed by atoms with van der Waals surface area (Å²) in [6, 6.07) is 11.9. The molecule has 4 rings (SSSR count). The minimum absolute atomic E-state index is 0.125. The van der Waals surface area contributed by atoms with Crippen LogP contribution >= 0.6 is 0 Å². The summed E-state index contributed by atoms with van der Waals surface area (Å²) in [6.45, 7) is 3.68. The van der Waals surface area contributed by atoms with E-state index in [0.717, 1.165) is 11.1 Å². The molecular formula is C26H23NO7. The Balaban J connectivity index is 1.92. The summed E-state index contributed by atoms with van der Waals surface area (Å²) in [4.78, 5) is 39.5. The molecule has 1 atom stereocenters. The summed E-state index contributed by atoms with van der Waals surface area (Å²) in [5, 5.41) is 11.3. The van der Waals surface area contributed by atoms with E-state index in [1.165, 1.54) is 49.6 Å². The number of benzene rings is 2. The summed E-state index contributed by atoms with van der Waals surface area (Å²) in [5.74, 6) is -1.90. The van der Waals surface area contributed by atoms with Gasteiger partial charge >= 0.3 is 5.97 Å². The lowest BCUT2D eigenvalue weighted by molar-refractivity contribution is -0.132. The molecule has 0 radical (unpaired) electrons. The molecule has 1 fully saturated rings. The zero-order chi connectivity index (χ0) is 24.6. The molecule has 0 aliphatic carbocycles.